The molecule has 0 saturated carbocycles. The van der Waals surface area contributed by atoms with Crippen molar-refractivity contribution in [3.63, 3.8) is 0 Å². The van der Waals surface area contributed by atoms with Crippen molar-refractivity contribution in [1.82, 2.24) is 15.4 Å². The highest BCUT2D eigenvalue weighted by atomic mass is 16.5. The quantitative estimate of drug-likeness (QED) is 0.769. The van der Waals surface area contributed by atoms with Crippen molar-refractivity contribution in [1.29, 1.82) is 0 Å². The van der Waals surface area contributed by atoms with Gasteiger partial charge in [-0.2, -0.15) is 0 Å². The second-order valence-electron chi connectivity index (χ2n) is 4.09. The molecule has 5 heteroatoms. The first-order valence-corrected chi connectivity index (χ1v) is 5.71. The summed E-state index contributed by atoms with van der Waals surface area (Å²) in [7, 11) is 1.65. The van der Waals surface area contributed by atoms with Crippen LogP contribution < -0.4 is 5.32 Å². The Hall–Kier alpha value is -0.910. The largest absolute Gasteiger partial charge is 0.377 e. The van der Waals surface area contributed by atoms with Crippen LogP contribution in [-0.2, 0) is 17.9 Å². The summed E-state index contributed by atoms with van der Waals surface area (Å²) in [6.07, 6.45) is 0. The third kappa shape index (κ3) is 2.61. The highest BCUT2D eigenvalue weighted by Crippen LogP contribution is 2.12. The number of hydrogen-bond donors (Lipinski definition) is 1. The van der Waals surface area contributed by atoms with E-state index in [2.05, 4.69) is 22.3 Å². The minimum absolute atomic E-state index is 0.490. The van der Waals surface area contributed by atoms with E-state index in [1.165, 1.54) is 0 Å². The van der Waals surface area contributed by atoms with Gasteiger partial charge in [0.1, 0.15) is 6.61 Å². The standard InChI is InChI=1S/C11H19N3O2/c1-3-14(10-5-12-6-10)7-9-4-11(8-15-2)16-13-9/h4,10,12H,3,5-8H2,1-2H3. The van der Waals surface area contributed by atoms with Crippen LogP contribution in [0.5, 0.6) is 0 Å². The van der Waals surface area contributed by atoms with Crippen LogP contribution in [0.25, 0.3) is 0 Å². The normalized spacial score (nSPS) is 16.7. The Balaban J connectivity index is 1.90. The minimum atomic E-state index is 0.490. The van der Waals surface area contributed by atoms with E-state index in [1.807, 2.05) is 6.07 Å². The van der Waals surface area contributed by atoms with Crippen molar-refractivity contribution in [3.05, 3.63) is 17.5 Å². The predicted molar refractivity (Wildman–Crippen MR) is 60.0 cm³/mol. The van der Waals surface area contributed by atoms with Gasteiger partial charge >= 0.3 is 0 Å². The van der Waals surface area contributed by atoms with Crippen LogP contribution in [0, 0.1) is 0 Å². The van der Waals surface area contributed by atoms with Gasteiger partial charge in [-0.1, -0.05) is 12.1 Å². The van der Waals surface area contributed by atoms with E-state index in [4.69, 9.17) is 9.26 Å². The predicted octanol–water partition coefficient (Wildman–Crippen LogP) is 0.615. The molecule has 0 aromatic carbocycles. The molecule has 0 radical (unpaired) electrons. The number of aromatic nitrogens is 1. The molecule has 5 nitrogen and oxygen atoms in total. The molecule has 0 spiro atoms. The Kier molecular flexibility index (Phi) is 3.93. The number of rotatable bonds is 6. The fourth-order valence-corrected chi connectivity index (χ4v) is 1.88. The maximum atomic E-state index is 5.16. The van der Waals surface area contributed by atoms with Gasteiger partial charge in [0.15, 0.2) is 5.76 Å². The summed E-state index contributed by atoms with van der Waals surface area (Å²) in [6, 6.07) is 2.62. The minimum Gasteiger partial charge on any atom is -0.377 e. The number of likely N-dealkylation sites (N-methyl/N-ethyl adjacent to an activating group) is 1. The Labute approximate surface area is 95.7 Å². The van der Waals surface area contributed by atoms with Gasteiger partial charge in [-0.25, -0.2) is 0 Å². The first kappa shape index (κ1) is 11.6. The summed E-state index contributed by atoms with van der Waals surface area (Å²) in [5.41, 5.74) is 0.987. The number of nitrogens with one attached hydrogen (secondary N) is 1. The van der Waals surface area contributed by atoms with Crippen molar-refractivity contribution in [2.45, 2.75) is 26.1 Å². The molecule has 0 amide bonds. The summed E-state index contributed by atoms with van der Waals surface area (Å²) in [4.78, 5) is 2.41. The molecule has 1 aliphatic heterocycles. The number of hydrogen-bond acceptors (Lipinski definition) is 5. The average molecular weight is 225 g/mol. The zero-order valence-corrected chi connectivity index (χ0v) is 9.90. The zero-order valence-electron chi connectivity index (χ0n) is 9.90. The molecule has 0 bridgehead atoms. The summed E-state index contributed by atoms with van der Waals surface area (Å²) >= 11 is 0. The summed E-state index contributed by atoms with van der Waals surface area (Å²) in [5, 5.41) is 7.33. The third-order valence-electron chi connectivity index (χ3n) is 2.94. The molecule has 0 atom stereocenters. The molecule has 1 aliphatic rings. The van der Waals surface area contributed by atoms with Crippen LogP contribution in [0.1, 0.15) is 18.4 Å². The molecule has 1 N–H and O–H groups in total. The molecular weight excluding hydrogens is 206 g/mol. The maximum absolute atomic E-state index is 5.16. The van der Waals surface area contributed by atoms with Crippen LogP contribution in [0.3, 0.4) is 0 Å². The molecule has 1 aromatic heterocycles. The topological polar surface area (TPSA) is 50.5 Å². The lowest BCUT2D eigenvalue weighted by atomic mass is 10.1. The van der Waals surface area contributed by atoms with Gasteiger partial charge in [0, 0.05) is 38.9 Å². The highest BCUT2D eigenvalue weighted by Gasteiger charge is 2.24. The van der Waals surface area contributed by atoms with Crippen LogP contribution in [0.4, 0.5) is 0 Å². The van der Waals surface area contributed by atoms with Gasteiger partial charge in [-0.3, -0.25) is 4.90 Å². The van der Waals surface area contributed by atoms with Gasteiger partial charge in [0.05, 0.1) is 5.69 Å². The summed E-state index contributed by atoms with van der Waals surface area (Å²) in [6.45, 7) is 6.72. The Bertz CT molecular complexity index is 323. The average Bonchev–Trinajstić information content (AvgIpc) is 2.62. The van der Waals surface area contributed by atoms with E-state index in [0.717, 1.165) is 37.6 Å². The van der Waals surface area contributed by atoms with Crippen molar-refractivity contribution in [2.24, 2.45) is 0 Å². The van der Waals surface area contributed by atoms with Crippen molar-refractivity contribution < 1.29 is 9.26 Å². The fraction of sp³-hybridized carbons (Fsp3) is 0.727. The lowest BCUT2D eigenvalue weighted by molar-refractivity contribution is 0.140. The summed E-state index contributed by atoms with van der Waals surface area (Å²) in [5.74, 6) is 0.792. The zero-order chi connectivity index (χ0) is 11.4. The van der Waals surface area contributed by atoms with E-state index >= 15 is 0 Å². The third-order valence-corrected chi connectivity index (χ3v) is 2.94. The van der Waals surface area contributed by atoms with E-state index in [9.17, 15) is 0 Å². The Morgan fingerprint density at radius 2 is 2.44 bits per heavy atom. The molecule has 1 fully saturated rings. The van der Waals surface area contributed by atoms with Gasteiger partial charge in [0.25, 0.3) is 0 Å². The molecule has 2 rings (SSSR count). The fourth-order valence-electron chi connectivity index (χ4n) is 1.88. The smallest absolute Gasteiger partial charge is 0.162 e. The van der Waals surface area contributed by atoms with Gasteiger partial charge in [-0.05, 0) is 6.54 Å². The van der Waals surface area contributed by atoms with E-state index in [-0.39, 0.29) is 0 Å². The van der Waals surface area contributed by atoms with E-state index in [0.29, 0.717) is 12.6 Å². The lowest BCUT2D eigenvalue weighted by Gasteiger charge is -2.37. The molecule has 1 aromatic rings. The maximum Gasteiger partial charge on any atom is 0.162 e. The Morgan fingerprint density at radius 1 is 1.62 bits per heavy atom. The van der Waals surface area contributed by atoms with Crippen LogP contribution in [-0.4, -0.2) is 42.8 Å². The highest BCUT2D eigenvalue weighted by molar-refractivity contribution is 5.05. The van der Waals surface area contributed by atoms with E-state index < -0.39 is 0 Å². The Morgan fingerprint density at radius 3 is 3.00 bits per heavy atom. The molecule has 16 heavy (non-hydrogen) atoms. The molecule has 90 valence electrons. The number of methoxy groups -OCH3 is 1. The van der Waals surface area contributed by atoms with Crippen LogP contribution in [0.15, 0.2) is 10.6 Å². The van der Waals surface area contributed by atoms with Gasteiger partial charge < -0.3 is 14.6 Å². The second-order valence-corrected chi connectivity index (χ2v) is 4.09. The second kappa shape index (κ2) is 5.43. The molecule has 0 unspecified atom stereocenters. The van der Waals surface area contributed by atoms with Gasteiger partial charge in [-0.15, -0.1) is 0 Å². The van der Waals surface area contributed by atoms with E-state index in [1.54, 1.807) is 7.11 Å². The van der Waals surface area contributed by atoms with Crippen LogP contribution >= 0.6 is 0 Å². The van der Waals surface area contributed by atoms with Gasteiger partial charge in [0.2, 0.25) is 0 Å². The first-order valence-electron chi connectivity index (χ1n) is 5.71. The molecule has 1 saturated heterocycles. The number of ether oxygens (including phenoxy) is 1. The molecule has 2 heterocycles. The number of nitrogens with zero attached hydrogens (tertiary/aromatic N) is 2. The first-order chi connectivity index (χ1) is 7.83. The molecular formula is C11H19N3O2. The monoisotopic (exact) mass is 225 g/mol. The van der Waals surface area contributed by atoms with Crippen molar-refractivity contribution >= 4 is 0 Å². The van der Waals surface area contributed by atoms with Crippen LogP contribution in [0.2, 0.25) is 0 Å². The molecule has 0 aliphatic carbocycles. The lowest BCUT2D eigenvalue weighted by Crippen LogP contribution is -2.56. The van der Waals surface area contributed by atoms with Crippen molar-refractivity contribution in [3.8, 4) is 0 Å². The SMILES string of the molecule is CCN(Cc1cc(COC)on1)C1CNC1. The summed E-state index contributed by atoms with van der Waals surface area (Å²) < 4.78 is 10.2. The van der Waals surface area contributed by atoms with Crippen molar-refractivity contribution in [2.75, 3.05) is 26.7 Å².